The third kappa shape index (κ3) is 7.17. The van der Waals surface area contributed by atoms with Crippen molar-refractivity contribution in [3.63, 3.8) is 0 Å². The van der Waals surface area contributed by atoms with Crippen LogP contribution in [0.25, 0.3) is 0 Å². The highest BCUT2D eigenvalue weighted by molar-refractivity contribution is 7.98. The molecule has 92 valence electrons. The summed E-state index contributed by atoms with van der Waals surface area (Å²) < 4.78 is 0. The van der Waals surface area contributed by atoms with E-state index in [0.29, 0.717) is 18.7 Å². The smallest absolute Gasteiger partial charge is 0.326 e. The van der Waals surface area contributed by atoms with Gasteiger partial charge in [0.15, 0.2) is 0 Å². The lowest BCUT2D eigenvalue weighted by Gasteiger charge is -2.14. The van der Waals surface area contributed by atoms with E-state index in [0.717, 1.165) is 5.57 Å². The molecule has 0 heterocycles. The van der Waals surface area contributed by atoms with E-state index in [-0.39, 0.29) is 0 Å². The van der Waals surface area contributed by atoms with Crippen LogP contribution in [0.1, 0.15) is 13.3 Å². The predicted molar refractivity (Wildman–Crippen MR) is 65.8 cm³/mol. The zero-order valence-corrected chi connectivity index (χ0v) is 10.4. The number of carbonyl (C=O) groups excluding carboxylic acids is 1. The summed E-state index contributed by atoms with van der Waals surface area (Å²) in [5.41, 5.74) is 0.811. The Labute approximate surface area is 99.7 Å². The molecule has 0 rings (SSSR count). The van der Waals surface area contributed by atoms with Gasteiger partial charge in [-0.1, -0.05) is 12.2 Å². The Morgan fingerprint density at radius 3 is 2.56 bits per heavy atom. The first-order valence-electron chi connectivity index (χ1n) is 4.88. The lowest BCUT2D eigenvalue weighted by molar-refractivity contribution is -0.139. The highest BCUT2D eigenvalue weighted by atomic mass is 32.2. The normalized spacial score (nSPS) is 11.6. The van der Waals surface area contributed by atoms with Crippen LogP contribution < -0.4 is 10.6 Å². The molecule has 5 nitrogen and oxygen atoms in total. The van der Waals surface area contributed by atoms with E-state index in [1.54, 1.807) is 18.7 Å². The largest absolute Gasteiger partial charge is 0.480 e. The molecule has 0 saturated heterocycles. The second-order valence-corrected chi connectivity index (χ2v) is 4.44. The van der Waals surface area contributed by atoms with Crippen LogP contribution in [0.4, 0.5) is 4.79 Å². The summed E-state index contributed by atoms with van der Waals surface area (Å²) in [6.07, 6.45) is 2.30. The van der Waals surface area contributed by atoms with E-state index >= 15 is 0 Å². The van der Waals surface area contributed by atoms with E-state index in [2.05, 4.69) is 17.2 Å². The summed E-state index contributed by atoms with van der Waals surface area (Å²) >= 11 is 1.54. The van der Waals surface area contributed by atoms with Crippen LogP contribution in [0.5, 0.6) is 0 Å². The monoisotopic (exact) mass is 246 g/mol. The number of thioether (sulfide) groups is 1. The molecule has 2 amide bonds. The van der Waals surface area contributed by atoms with Gasteiger partial charge in [-0.05, 0) is 25.4 Å². The molecule has 0 bridgehead atoms. The molecule has 0 aromatic rings. The van der Waals surface area contributed by atoms with Gasteiger partial charge in [0.05, 0.1) is 0 Å². The van der Waals surface area contributed by atoms with E-state index in [4.69, 9.17) is 5.11 Å². The average Bonchev–Trinajstić information content (AvgIpc) is 2.20. The van der Waals surface area contributed by atoms with Gasteiger partial charge in [-0.25, -0.2) is 9.59 Å². The van der Waals surface area contributed by atoms with Crippen LogP contribution in [0.15, 0.2) is 12.2 Å². The Morgan fingerprint density at radius 1 is 1.50 bits per heavy atom. The molecule has 0 aliphatic heterocycles. The lowest BCUT2D eigenvalue weighted by Crippen LogP contribution is -2.46. The Morgan fingerprint density at radius 2 is 2.12 bits per heavy atom. The maximum atomic E-state index is 11.3. The third-order valence-corrected chi connectivity index (χ3v) is 2.41. The number of amides is 2. The molecule has 0 radical (unpaired) electrons. The molecule has 0 aliphatic rings. The molecule has 0 aromatic heterocycles. The van der Waals surface area contributed by atoms with E-state index in [1.807, 2.05) is 6.26 Å². The number of rotatable bonds is 7. The molecule has 3 N–H and O–H groups in total. The van der Waals surface area contributed by atoms with Crippen LogP contribution >= 0.6 is 11.8 Å². The molecular weight excluding hydrogens is 228 g/mol. The number of hydrogen-bond acceptors (Lipinski definition) is 3. The van der Waals surface area contributed by atoms with Crippen molar-refractivity contribution in [2.24, 2.45) is 0 Å². The Kier molecular flexibility index (Phi) is 7.45. The van der Waals surface area contributed by atoms with Gasteiger partial charge in [0.1, 0.15) is 6.04 Å². The summed E-state index contributed by atoms with van der Waals surface area (Å²) in [5, 5.41) is 13.8. The molecule has 0 aromatic carbocycles. The SMILES string of the molecule is C=C(C)CNC(=O)NC(CCSC)C(=O)O. The average molecular weight is 246 g/mol. The van der Waals surface area contributed by atoms with Crippen LogP contribution in [-0.2, 0) is 4.79 Å². The van der Waals surface area contributed by atoms with Crippen LogP contribution in [0.2, 0.25) is 0 Å². The highest BCUT2D eigenvalue weighted by Crippen LogP contribution is 2.00. The van der Waals surface area contributed by atoms with E-state index in [1.165, 1.54) is 0 Å². The molecule has 1 atom stereocenters. The number of carboxylic acids is 1. The minimum absolute atomic E-state index is 0.348. The molecule has 16 heavy (non-hydrogen) atoms. The van der Waals surface area contributed by atoms with Crippen LogP contribution in [-0.4, -0.2) is 41.7 Å². The van der Waals surface area contributed by atoms with Gasteiger partial charge >= 0.3 is 12.0 Å². The fourth-order valence-corrected chi connectivity index (χ4v) is 1.40. The maximum Gasteiger partial charge on any atom is 0.326 e. The summed E-state index contributed by atoms with van der Waals surface area (Å²) in [6.45, 7) is 5.76. The Hall–Kier alpha value is -1.17. The van der Waals surface area contributed by atoms with E-state index < -0.39 is 18.0 Å². The number of urea groups is 1. The summed E-state index contributed by atoms with van der Waals surface area (Å²) in [5.74, 6) is -0.322. The first kappa shape index (κ1) is 14.8. The summed E-state index contributed by atoms with van der Waals surface area (Å²) in [7, 11) is 0. The molecule has 0 saturated carbocycles. The summed E-state index contributed by atoms with van der Waals surface area (Å²) in [4.78, 5) is 22.1. The van der Waals surface area contributed by atoms with Gasteiger partial charge in [0, 0.05) is 6.54 Å². The van der Waals surface area contributed by atoms with Crippen LogP contribution in [0.3, 0.4) is 0 Å². The van der Waals surface area contributed by atoms with Crippen molar-refractivity contribution in [2.75, 3.05) is 18.6 Å². The second kappa shape index (κ2) is 8.04. The Bertz CT molecular complexity index is 269. The van der Waals surface area contributed by atoms with Gasteiger partial charge in [-0.2, -0.15) is 11.8 Å². The fourth-order valence-electron chi connectivity index (χ4n) is 0.934. The van der Waals surface area contributed by atoms with Gasteiger partial charge in [-0.3, -0.25) is 0 Å². The number of hydrogen-bond donors (Lipinski definition) is 3. The van der Waals surface area contributed by atoms with Crippen molar-refractivity contribution in [1.29, 1.82) is 0 Å². The zero-order chi connectivity index (χ0) is 12.6. The fraction of sp³-hybridized carbons (Fsp3) is 0.600. The molecule has 6 heteroatoms. The first-order chi connectivity index (χ1) is 7.47. The van der Waals surface area contributed by atoms with Gasteiger partial charge in [0.25, 0.3) is 0 Å². The number of nitrogens with one attached hydrogen (secondary N) is 2. The van der Waals surface area contributed by atoms with Crippen molar-refractivity contribution in [3.05, 3.63) is 12.2 Å². The highest BCUT2D eigenvalue weighted by Gasteiger charge is 2.18. The minimum atomic E-state index is -1.01. The molecule has 0 spiro atoms. The Balaban J connectivity index is 4.02. The lowest BCUT2D eigenvalue weighted by atomic mass is 10.2. The van der Waals surface area contributed by atoms with Gasteiger partial charge in [0.2, 0.25) is 0 Å². The third-order valence-electron chi connectivity index (χ3n) is 1.76. The van der Waals surface area contributed by atoms with Crippen molar-refractivity contribution >= 4 is 23.8 Å². The molecule has 0 fully saturated rings. The van der Waals surface area contributed by atoms with Crippen molar-refractivity contribution in [2.45, 2.75) is 19.4 Å². The van der Waals surface area contributed by atoms with Crippen molar-refractivity contribution in [1.82, 2.24) is 10.6 Å². The van der Waals surface area contributed by atoms with E-state index in [9.17, 15) is 9.59 Å². The number of carboxylic acid groups (broad SMARTS) is 1. The van der Waals surface area contributed by atoms with Crippen molar-refractivity contribution < 1.29 is 14.7 Å². The summed E-state index contributed by atoms with van der Waals surface area (Å²) in [6, 6.07) is -1.31. The maximum absolute atomic E-state index is 11.3. The topological polar surface area (TPSA) is 78.4 Å². The van der Waals surface area contributed by atoms with Crippen molar-refractivity contribution in [3.8, 4) is 0 Å². The van der Waals surface area contributed by atoms with Gasteiger partial charge < -0.3 is 15.7 Å². The molecule has 1 unspecified atom stereocenters. The predicted octanol–water partition coefficient (Wildman–Crippen LogP) is 1.07. The zero-order valence-electron chi connectivity index (χ0n) is 9.58. The standard InChI is InChI=1S/C10H18N2O3S/c1-7(2)6-11-10(15)12-8(9(13)14)4-5-16-3/h8H,1,4-6H2,2-3H3,(H,13,14)(H2,11,12,15). The first-order valence-corrected chi connectivity index (χ1v) is 6.27. The second-order valence-electron chi connectivity index (χ2n) is 3.46. The number of aliphatic carboxylic acids is 1. The van der Waals surface area contributed by atoms with Gasteiger partial charge in [-0.15, -0.1) is 0 Å². The van der Waals surface area contributed by atoms with Crippen LogP contribution in [0, 0.1) is 0 Å². The quantitative estimate of drug-likeness (QED) is 0.587. The molecule has 0 aliphatic carbocycles. The minimum Gasteiger partial charge on any atom is -0.480 e. The molecular formula is C10H18N2O3S. The number of carbonyl (C=O) groups is 2.